The van der Waals surface area contributed by atoms with Crippen LogP contribution in [-0.4, -0.2) is 36.2 Å². The Morgan fingerprint density at radius 2 is 2.05 bits per heavy atom. The summed E-state index contributed by atoms with van der Waals surface area (Å²) in [5.41, 5.74) is -0.668. The fraction of sp³-hybridized carbons (Fsp3) is 0.933. The zero-order valence-electron chi connectivity index (χ0n) is 12.2. The van der Waals surface area contributed by atoms with E-state index in [1.807, 2.05) is 6.92 Å². The van der Waals surface area contributed by atoms with Gasteiger partial charge in [0.1, 0.15) is 0 Å². The summed E-state index contributed by atoms with van der Waals surface area (Å²) in [6.07, 6.45) is 5.03. The lowest BCUT2D eigenvalue weighted by molar-refractivity contribution is -0.128. The Kier molecular flexibility index (Phi) is 4.85. The molecule has 0 spiro atoms. The molecule has 1 heterocycles. The molecular weight excluding hydrogens is 240 g/mol. The van der Waals surface area contributed by atoms with Gasteiger partial charge in [0.15, 0.2) is 0 Å². The van der Waals surface area contributed by atoms with Crippen LogP contribution in [0.25, 0.3) is 0 Å². The fourth-order valence-electron chi connectivity index (χ4n) is 3.09. The van der Waals surface area contributed by atoms with E-state index in [-0.39, 0.29) is 11.8 Å². The van der Waals surface area contributed by atoms with Crippen molar-refractivity contribution < 1.29 is 9.90 Å². The molecule has 1 unspecified atom stereocenters. The molecule has 1 saturated carbocycles. The maximum Gasteiger partial charge on any atom is 0.223 e. The van der Waals surface area contributed by atoms with Crippen LogP contribution in [0.15, 0.2) is 0 Å². The number of aliphatic hydroxyl groups is 1. The van der Waals surface area contributed by atoms with Crippen LogP contribution in [0, 0.1) is 17.8 Å². The van der Waals surface area contributed by atoms with Crippen molar-refractivity contribution in [1.82, 2.24) is 10.6 Å². The molecule has 110 valence electrons. The van der Waals surface area contributed by atoms with Crippen LogP contribution in [0.5, 0.6) is 0 Å². The van der Waals surface area contributed by atoms with E-state index in [0.717, 1.165) is 44.7 Å². The first-order valence-electron chi connectivity index (χ1n) is 7.75. The number of carbonyl (C=O) groups excluding carboxylic acids is 1. The summed E-state index contributed by atoms with van der Waals surface area (Å²) >= 11 is 0. The van der Waals surface area contributed by atoms with Crippen molar-refractivity contribution in [2.75, 3.05) is 19.6 Å². The molecule has 0 aromatic carbocycles. The summed E-state index contributed by atoms with van der Waals surface area (Å²) in [5, 5.41) is 16.6. The van der Waals surface area contributed by atoms with Crippen molar-refractivity contribution in [1.29, 1.82) is 0 Å². The highest BCUT2D eigenvalue weighted by atomic mass is 16.3. The molecule has 1 amide bonds. The van der Waals surface area contributed by atoms with Gasteiger partial charge in [0.25, 0.3) is 0 Å². The lowest BCUT2D eigenvalue weighted by Crippen LogP contribution is -2.52. The monoisotopic (exact) mass is 268 g/mol. The Bertz CT molecular complexity index is 307. The molecule has 19 heavy (non-hydrogen) atoms. The average Bonchev–Trinajstić information content (AvgIpc) is 2.35. The molecule has 2 rings (SSSR count). The molecule has 1 aliphatic heterocycles. The molecule has 3 N–H and O–H groups in total. The van der Waals surface area contributed by atoms with E-state index >= 15 is 0 Å². The second kappa shape index (κ2) is 6.23. The van der Waals surface area contributed by atoms with E-state index in [2.05, 4.69) is 17.6 Å². The van der Waals surface area contributed by atoms with Crippen LogP contribution >= 0.6 is 0 Å². The zero-order chi connectivity index (χ0) is 13.9. The van der Waals surface area contributed by atoms with Gasteiger partial charge in [-0.3, -0.25) is 4.79 Å². The lowest BCUT2D eigenvalue weighted by atomic mass is 9.77. The molecule has 1 atom stereocenters. The van der Waals surface area contributed by atoms with Gasteiger partial charge in [-0.05, 0) is 50.6 Å². The molecule has 4 heteroatoms. The number of amides is 1. The minimum atomic E-state index is -0.668. The second-order valence-electron chi connectivity index (χ2n) is 6.50. The van der Waals surface area contributed by atoms with Gasteiger partial charge < -0.3 is 15.7 Å². The maximum atomic E-state index is 12.0. The number of hydrogen-bond acceptors (Lipinski definition) is 3. The summed E-state index contributed by atoms with van der Waals surface area (Å²) < 4.78 is 0. The van der Waals surface area contributed by atoms with Gasteiger partial charge in [0.05, 0.1) is 5.60 Å². The average molecular weight is 268 g/mol. The predicted molar refractivity (Wildman–Crippen MR) is 75.7 cm³/mol. The first-order chi connectivity index (χ1) is 9.04. The number of nitrogens with one attached hydrogen (secondary N) is 2. The van der Waals surface area contributed by atoms with Crippen molar-refractivity contribution in [2.24, 2.45) is 17.8 Å². The third-order valence-corrected chi connectivity index (χ3v) is 5.14. The molecule has 0 radical (unpaired) electrons. The van der Waals surface area contributed by atoms with E-state index in [1.165, 1.54) is 6.42 Å². The highest BCUT2D eigenvalue weighted by Gasteiger charge is 2.34. The summed E-state index contributed by atoms with van der Waals surface area (Å²) in [6, 6.07) is 0. The van der Waals surface area contributed by atoms with Gasteiger partial charge in [-0.25, -0.2) is 0 Å². The molecule has 4 nitrogen and oxygen atoms in total. The summed E-state index contributed by atoms with van der Waals surface area (Å²) in [5.74, 6) is 1.37. The lowest BCUT2D eigenvalue weighted by Gasteiger charge is -2.37. The van der Waals surface area contributed by atoms with Crippen molar-refractivity contribution in [2.45, 2.75) is 51.6 Å². The first-order valence-corrected chi connectivity index (χ1v) is 7.75. The molecule has 2 aliphatic rings. The summed E-state index contributed by atoms with van der Waals surface area (Å²) in [7, 11) is 0. The normalized spacial score (nSPS) is 33.5. The topological polar surface area (TPSA) is 61.4 Å². The molecule has 2 fully saturated rings. The highest BCUT2D eigenvalue weighted by molar-refractivity contribution is 5.78. The number of rotatable bonds is 5. The molecule has 0 aromatic heterocycles. The predicted octanol–water partition coefficient (Wildman–Crippen LogP) is 1.29. The Morgan fingerprint density at radius 3 is 2.53 bits per heavy atom. The molecule has 1 saturated heterocycles. The third-order valence-electron chi connectivity index (χ3n) is 5.14. The Balaban J connectivity index is 1.73. The maximum absolute atomic E-state index is 12.0. The van der Waals surface area contributed by atoms with Gasteiger partial charge in [-0.2, -0.15) is 0 Å². The fourth-order valence-corrected chi connectivity index (χ4v) is 3.09. The molecule has 0 aromatic rings. The quantitative estimate of drug-likeness (QED) is 0.704. The molecule has 1 aliphatic carbocycles. The second-order valence-corrected chi connectivity index (χ2v) is 6.50. The van der Waals surface area contributed by atoms with E-state index in [4.69, 9.17) is 0 Å². The Labute approximate surface area is 116 Å². The van der Waals surface area contributed by atoms with Gasteiger partial charge >= 0.3 is 0 Å². The minimum Gasteiger partial charge on any atom is -0.388 e. The van der Waals surface area contributed by atoms with E-state index in [0.29, 0.717) is 12.5 Å². The molecular formula is C15H28N2O2. The van der Waals surface area contributed by atoms with Crippen LogP contribution in [0.1, 0.15) is 46.0 Å². The third kappa shape index (κ3) is 3.69. The van der Waals surface area contributed by atoms with Crippen LogP contribution in [0.4, 0.5) is 0 Å². The molecule has 0 bridgehead atoms. The highest BCUT2D eigenvalue weighted by Crippen LogP contribution is 2.33. The van der Waals surface area contributed by atoms with Crippen LogP contribution in [0.2, 0.25) is 0 Å². The Morgan fingerprint density at radius 1 is 1.42 bits per heavy atom. The van der Waals surface area contributed by atoms with Gasteiger partial charge in [-0.15, -0.1) is 0 Å². The van der Waals surface area contributed by atoms with Crippen molar-refractivity contribution in [3.05, 3.63) is 0 Å². The van der Waals surface area contributed by atoms with Crippen molar-refractivity contribution >= 4 is 5.91 Å². The van der Waals surface area contributed by atoms with E-state index < -0.39 is 5.60 Å². The summed E-state index contributed by atoms with van der Waals surface area (Å²) in [4.78, 5) is 12.0. The van der Waals surface area contributed by atoms with Crippen molar-refractivity contribution in [3.8, 4) is 0 Å². The number of hydrogen-bond donors (Lipinski definition) is 3. The minimum absolute atomic E-state index is 0.0526. The SMILES string of the molecule is CCC1CCC(O)(CNC(=O)C(C)C2CNC2)CC1. The van der Waals surface area contributed by atoms with E-state index in [1.54, 1.807) is 0 Å². The van der Waals surface area contributed by atoms with Crippen LogP contribution < -0.4 is 10.6 Å². The van der Waals surface area contributed by atoms with Gasteiger partial charge in [-0.1, -0.05) is 20.3 Å². The zero-order valence-corrected chi connectivity index (χ0v) is 12.2. The Hall–Kier alpha value is -0.610. The number of carbonyl (C=O) groups is 1. The standard InChI is InChI=1S/C15H28N2O2/c1-3-12-4-6-15(19,7-5-12)10-17-14(18)11(2)13-8-16-9-13/h11-13,16,19H,3-10H2,1-2H3,(H,17,18). The van der Waals surface area contributed by atoms with E-state index in [9.17, 15) is 9.90 Å². The van der Waals surface area contributed by atoms with Gasteiger partial charge in [0.2, 0.25) is 5.91 Å². The van der Waals surface area contributed by atoms with Crippen molar-refractivity contribution in [3.63, 3.8) is 0 Å². The van der Waals surface area contributed by atoms with Gasteiger partial charge in [0, 0.05) is 12.5 Å². The largest absolute Gasteiger partial charge is 0.388 e. The summed E-state index contributed by atoms with van der Waals surface area (Å²) in [6.45, 7) is 6.50. The van der Waals surface area contributed by atoms with Crippen LogP contribution in [0.3, 0.4) is 0 Å². The first kappa shape index (κ1) is 14.8. The smallest absolute Gasteiger partial charge is 0.223 e. The van der Waals surface area contributed by atoms with Crippen LogP contribution in [-0.2, 0) is 4.79 Å².